The third kappa shape index (κ3) is 2.36. The summed E-state index contributed by atoms with van der Waals surface area (Å²) < 4.78 is 0. The van der Waals surface area contributed by atoms with Gasteiger partial charge in [0, 0.05) is 6.04 Å². The van der Waals surface area contributed by atoms with E-state index in [1.54, 1.807) is 24.3 Å². The highest BCUT2D eigenvalue weighted by Crippen LogP contribution is 2.28. The Balaban J connectivity index is 3.23. The van der Waals surface area contributed by atoms with Crippen LogP contribution < -0.4 is 5.32 Å². The lowest BCUT2D eigenvalue weighted by atomic mass is 10.1. The Kier molecular flexibility index (Phi) is 3.62. The molecule has 1 rings (SSSR count). The van der Waals surface area contributed by atoms with E-state index in [9.17, 15) is 10.1 Å². The summed E-state index contributed by atoms with van der Waals surface area (Å²) in [5.74, 6) is 0. The summed E-state index contributed by atoms with van der Waals surface area (Å²) in [6, 6.07) is 6.28. The molecule has 16 heavy (non-hydrogen) atoms. The van der Waals surface area contributed by atoms with Gasteiger partial charge in [0.25, 0.3) is 0 Å². The van der Waals surface area contributed by atoms with E-state index in [4.69, 9.17) is 5.26 Å². The average molecular weight is 217 g/mol. The summed E-state index contributed by atoms with van der Waals surface area (Å²) in [4.78, 5) is 10.3. The largest absolute Gasteiger partial charge is 0.374 e. The summed E-state index contributed by atoms with van der Waals surface area (Å²) in [6.45, 7) is 5.39. The molecule has 0 fully saturated rings. The Morgan fingerprint density at radius 2 is 2.38 bits per heavy atom. The molecule has 5 heteroatoms. The molecular weight excluding hydrogens is 206 g/mol. The molecule has 0 aromatic heterocycles. The van der Waals surface area contributed by atoms with E-state index in [1.165, 1.54) is 6.07 Å². The fraction of sp³-hybridized carbons (Fsp3) is 0.182. The molecule has 0 aliphatic carbocycles. The van der Waals surface area contributed by atoms with Crippen LogP contribution in [-0.2, 0) is 0 Å². The molecule has 0 bridgehead atoms. The molecule has 0 spiro atoms. The van der Waals surface area contributed by atoms with Crippen LogP contribution in [0.5, 0.6) is 0 Å². The van der Waals surface area contributed by atoms with Crippen molar-refractivity contribution in [2.75, 3.05) is 5.32 Å². The van der Waals surface area contributed by atoms with Gasteiger partial charge in [-0.05, 0) is 19.1 Å². The van der Waals surface area contributed by atoms with Crippen LogP contribution in [-0.4, -0.2) is 11.0 Å². The number of hydrogen-bond donors (Lipinski definition) is 1. The number of nitro groups is 1. The van der Waals surface area contributed by atoms with Crippen LogP contribution in [0.3, 0.4) is 0 Å². The van der Waals surface area contributed by atoms with Gasteiger partial charge < -0.3 is 5.32 Å². The van der Waals surface area contributed by atoms with E-state index in [0.717, 1.165) is 0 Å². The maximum absolute atomic E-state index is 10.9. The van der Waals surface area contributed by atoms with Gasteiger partial charge in [-0.15, -0.1) is 6.58 Å². The van der Waals surface area contributed by atoms with Crippen LogP contribution in [0.25, 0.3) is 0 Å². The molecule has 1 N–H and O–H groups in total. The standard InChI is InChI=1S/C11H11N3O2/c1-3-8(2)13-10-6-4-5-9(7-12)11(10)14(15)16/h3-6,8,13H,1H2,2H3. The van der Waals surface area contributed by atoms with Gasteiger partial charge in [-0.1, -0.05) is 12.1 Å². The van der Waals surface area contributed by atoms with Crippen LogP contribution in [0.4, 0.5) is 11.4 Å². The average Bonchev–Trinajstić information content (AvgIpc) is 2.28. The zero-order valence-electron chi connectivity index (χ0n) is 8.80. The summed E-state index contributed by atoms with van der Waals surface area (Å²) >= 11 is 0. The summed E-state index contributed by atoms with van der Waals surface area (Å²) in [7, 11) is 0. The zero-order valence-corrected chi connectivity index (χ0v) is 8.80. The Hall–Kier alpha value is -2.35. The SMILES string of the molecule is C=CC(C)Nc1cccc(C#N)c1[N+](=O)[O-]. The normalized spacial score (nSPS) is 11.2. The fourth-order valence-corrected chi connectivity index (χ4v) is 1.25. The highest BCUT2D eigenvalue weighted by atomic mass is 16.6. The second-order valence-corrected chi connectivity index (χ2v) is 3.24. The molecule has 0 amide bonds. The summed E-state index contributed by atoms with van der Waals surface area (Å²) in [5.41, 5.74) is 0.182. The Labute approximate surface area is 93.2 Å². The molecule has 1 aromatic rings. The lowest BCUT2D eigenvalue weighted by Crippen LogP contribution is -2.13. The molecule has 0 heterocycles. The molecule has 1 unspecified atom stereocenters. The van der Waals surface area contributed by atoms with Crippen LogP contribution in [0.15, 0.2) is 30.9 Å². The molecule has 0 aliphatic rings. The van der Waals surface area contributed by atoms with E-state index < -0.39 is 4.92 Å². The molecule has 5 nitrogen and oxygen atoms in total. The molecule has 0 saturated carbocycles. The number of hydrogen-bond acceptors (Lipinski definition) is 4. The highest BCUT2D eigenvalue weighted by Gasteiger charge is 2.19. The lowest BCUT2D eigenvalue weighted by molar-refractivity contribution is -0.384. The maximum Gasteiger partial charge on any atom is 0.309 e. The molecule has 82 valence electrons. The van der Waals surface area contributed by atoms with Crippen molar-refractivity contribution in [2.24, 2.45) is 0 Å². The highest BCUT2D eigenvalue weighted by molar-refractivity contribution is 5.68. The van der Waals surface area contributed by atoms with Gasteiger partial charge in [0.1, 0.15) is 17.3 Å². The zero-order chi connectivity index (χ0) is 12.1. The minimum Gasteiger partial charge on any atom is -0.374 e. The quantitative estimate of drug-likeness (QED) is 0.477. The van der Waals surface area contributed by atoms with Crippen LogP contribution in [0, 0.1) is 21.4 Å². The number of para-hydroxylation sites is 1. The number of rotatable bonds is 4. The van der Waals surface area contributed by atoms with E-state index in [2.05, 4.69) is 11.9 Å². The number of nitrogens with zero attached hydrogens (tertiary/aromatic N) is 2. The van der Waals surface area contributed by atoms with Crippen LogP contribution >= 0.6 is 0 Å². The van der Waals surface area contributed by atoms with Crippen LogP contribution in [0.2, 0.25) is 0 Å². The van der Waals surface area contributed by atoms with Crippen LogP contribution in [0.1, 0.15) is 12.5 Å². The van der Waals surface area contributed by atoms with E-state index in [0.29, 0.717) is 5.69 Å². The smallest absolute Gasteiger partial charge is 0.309 e. The second kappa shape index (κ2) is 4.94. The Bertz CT molecular complexity index is 463. The van der Waals surface area contributed by atoms with Crippen molar-refractivity contribution in [3.8, 4) is 6.07 Å². The van der Waals surface area contributed by atoms with E-state index >= 15 is 0 Å². The first kappa shape index (κ1) is 11.7. The lowest BCUT2D eigenvalue weighted by Gasteiger charge is -2.11. The number of anilines is 1. The fourth-order valence-electron chi connectivity index (χ4n) is 1.25. The molecule has 0 radical (unpaired) electrons. The molecular formula is C11H11N3O2. The second-order valence-electron chi connectivity index (χ2n) is 3.24. The minimum atomic E-state index is -0.559. The predicted octanol–water partition coefficient (Wildman–Crippen LogP) is 2.45. The van der Waals surface area contributed by atoms with Crippen molar-refractivity contribution in [1.29, 1.82) is 5.26 Å². The van der Waals surface area contributed by atoms with Gasteiger partial charge in [-0.3, -0.25) is 10.1 Å². The Morgan fingerprint density at radius 3 is 2.88 bits per heavy atom. The van der Waals surface area contributed by atoms with E-state index in [1.807, 2.05) is 6.92 Å². The van der Waals surface area contributed by atoms with Gasteiger partial charge in [0.2, 0.25) is 0 Å². The first-order chi connectivity index (χ1) is 7.60. The summed E-state index contributed by atoms with van der Waals surface area (Å²) in [6.07, 6.45) is 1.63. The number of nitriles is 1. The predicted molar refractivity (Wildman–Crippen MR) is 61.1 cm³/mol. The third-order valence-corrected chi connectivity index (χ3v) is 2.08. The minimum absolute atomic E-state index is 0.0475. The van der Waals surface area contributed by atoms with Crippen molar-refractivity contribution in [2.45, 2.75) is 13.0 Å². The first-order valence-electron chi connectivity index (χ1n) is 4.66. The number of benzene rings is 1. The molecule has 1 aromatic carbocycles. The third-order valence-electron chi connectivity index (χ3n) is 2.08. The topological polar surface area (TPSA) is 79.0 Å². The van der Waals surface area contributed by atoms with Crippen molar-refractivity contribution in [3.05, 3.63) is 46.5 Å². The monoisotopic (exact) mass is 217 g/mol. The van der Waals surface area contributed by atoms with Crippen molar-refractivity contribution in [1.82, 2.24) is 0 Å². The van der Waals surface area contributed by atoms with Gasteiger partial charge in [-0.25, -0.2) is 0 Å². The number of nitrogens with one attached hydrogen (secondary N) is 1. The van der Waals surface area contributed by atoms with Gasteiger partial charge in [0.05, 0.1) is 4.92 Å². The van der Waals surface area contributed by atoms with Gasteiger partial charge in [-0.2, -0.15) is 5.26 Å². The molecule has 0 aliphatic heterocycles. The van der Waals surface area contributed by atoms with Crippen molar-refractivity contribution < 1.29 is 4.92 Å². The van der Waals surface area contributed by atoms with E-state index in [-0.39, 0.29) is 17.3 Å². The van der Waals surface area contributed by atoms with Crippen molar-refractivity contribution >= 4 is 11.4 Å². The number of nitro benzene ring substituents is 1. The summed E-state index contributed by atoms with van der Waals surface area (Å²) in [5, 5.41) is 22.5. The molecule has 0 saturated heterocycles. The van der Waals surface area contributed by atoms with Gasteiger partial charge in [0.15, 0.2) is 0 Å². The first-order valence-corrected chi connectivity index (χ1v) is 4.66. The maximum atomic E-state index is 10.9. The Morgan fingerprint density at radius 1 is 1.69 bits per heavy atom. The van der Waals surface area contributed by atoms with Crippen molar-refractivity contribution in [3.63, 3.8) is 0 Å². The molecule has 1 atom stereocenters. The van der Waals surface area contributed by atoms with Gasteiger partial charge >= 0.3 is 5.69 Å².